The van der Waals surface area contributed by atoms with Gasteiger partial charge in [-0.05, 0) is 25.3 Å². The number of hydrogen-bond donors (Lipinski definition) is 2. The van der Waals surface area contributed by atoms with E-state index in [1.807, 2.05) is 37.3 Å². The van der Waals surface area contributed by atoms with Crippen molar-refractivity contribution in [2.75, 3.05) is 50.5 Å². The molecule has 2 rings (SSSR count). The summed E-state index contributed by atoms with van der Waals surface area (Å²) in [6.45, 7) is 5.68. The Balaban J connectivity index is 1.74. The summed E-state index contributed by atoms with van der Waals surface area (Å²) in [7, 11) is -3.84. The third kappa shape index (κ3) is 10.2. The molecule has 1 aromatic carbocycles. The van der Waals surface area contributed by atoms with Gasteiger partial charge in [0.25, 0.3) is 0 Å². The number of aliphatic imine (C=N–C) groups is 1. The molecule has 1 heterocycles. The topological polar surface area (TPSA) is 90.9 Å². The summed E-state index contributed by atoms with van der Waals surface area (Å²) in [5, 5.41) is 6.72. The first-order chi connectivity index (χ1) is 13.9. The lowest BCUT2D eigenvalue weighted by atomic mass is 10.1. The summed E-state index contributed by atoms with van der Waals surface area (Å²) in [6.07, 6.45) is 3.19. The second-order valence-corrected chi connectivity index (χ2v) is 11.3. The Labute approximate surface area is 177 Å². The Hall–Kier alpha value is -1.45. The third-order valence-electron chi connectivity index (χ3n) is 4.81. The molecule has 0 saturated carbocycles. The van der Waals surface area contributed by atoms with Crippen molar-refractivity contribution in [3.8, 4) is 0 Å². The van der Waals surface area contributed by atoms with E-state index in [0.29, 0.717) is 30.6 Å². The standard InChI is InChI=1S/C20H34N4O3S2/c1-3-21-20(22-11-15-28(25)17-18-7-5-4-6-8-18)23-19-9-12-24(13-10-19)14-16-29(2,26)27/h4-8,19H,3,9-17H2,1-2H3,(H2,21,22,23). The predicted molar refractivity (Wildman–Crippen MR) is 121 cm³/mol. The van der Waals surface area contributed by atoms with Gasteiger partial charge < -0.3 is 15.5 Å². The Morgan fingerprint density at radius 1 is 1.24 bits per heavy atom. The molecule has 0 aromatic heterocycles. The predicted octanol–water partition coefficient (Wildman–Crippen LogP) is 0.999. The van der Waals surface area contributed by atoms with Crippen LogP contribution in [-0.2, 0) is 26.4 Å². The van der Waals surface area contributed by atoms with E-state index >= 15 is 0 Å². The lowest BCUT2D eigenvalue weighted by Crippen LogP contribution is -2.49. The minimum absolute atomic E-state index is 0.218. The fourth-order valence-corrected chi connectivity index (χ4v) is 4.79. The smallest absolute Gasteiger partial charge is 0.191 e. The van der Waals surface area contributed by atoms with E-state index < -0.39 is 20.6 Å². The van der Waals surface area contributed by atoms with Crippen molar-refractivity contribution in [3.63, 3.8) is 0 Å². The van der Waals surface area contributed by atoms with Crippen LogP contribution in [0.1, 0.15) is 25.3 Å². The molecule has 29 heavy (non-hydrogen) atoms. The van der Waals surface area contributed by atoms with E-state index in [1.165, 1.54) is 6.26 Å². The lowest BCUT2D eigenvalue weighted by molar-refractivity contribution is 0.216. The normalized spacial score (nSPS) is 17.8. The van der Waals surface area contributed by atoms with E-state index in [1.54, 1.807) is 0 Å². The number of nitrogens with one attached hydrogen (secondary N) is 2. The zero-order valence-electron chi connectivity index (χ0n) is 17.5. The van der Waals surface area contributed by atoms with Gasteiger partial charge in [0.15, 0.2) is 5.96 Å². The lowest BCUT2D eigenvalue weighted by Gasteiger charge is -2.32. The molecular weight excluding hydrogens is 408 g/mol. The van der Waals surface area contributed by atoms with Gasteiger partial charge in [0.05, 0.1) is 12.3 Å². The number of benzene rings is 1. The molecule has 0 radical (unpaired) electrons. The van der Waals surface area contributed by atoms with Crippen LogP contribution < -0.4 is 10.6 Å². The van der Waals surface area contributed by atoms with E-state index in [9.17, 15) is 12.6 Å². The first kappa shape index (κ1) is 23.8. The van der Waals surface area contributed by atoms with Crippen LogP contribution in [0.2, 0.25) is 0 Å². The van der Waals surface area contributed by atoms with Crippen molar-refractivity contribution in [2.45, 2.75) is 31.6 Å². The number of hydrogen-bond acceptors (Lipinski definition) is 5. The maximum atomic E-state index is 12.3. The van der Waals surface area contributed by atoms with Gasteiger partial charge in [-0.3, -0.25) is 9.20 Å². The van der Waals surface area contributed by atoms with Crippen LogP contribution >= 0.6 is 0 Å². The van der Waals surface area contributed by atoms with Crippen molar-refractivity contribution in [1.29, 1.82) is 0 Å². The highest BCUT2D eigenvalue weighted by molar-refractivity contribution is 7.90. The SMILES string of the molecule is CCNC(=NCCS(=O)Cc1ccccc1)NC1CCN(CCS(C)(=O)=O)CC1. The minimum atomic E-state index is -2.91. The maximum Gasteiger partial charge on any atom is 0.191 e. The number of sulfone groups is 1. The van der Waals surface area contributed by atoms with Gasteiger partial charge >= 0.3 is 0 Å². The molecule has 1 aliphatic rings. The average Bonchev–Trinajstić information content (AvgIpc) is 2.68. The van der Waals surface area contributed by atoms with Gasteiger partial charge in [-0.15, -0.1) is 0 Å². The Bertz CT molecular complexity index is 761. The molecule has 9 heteroatoms. The van der Waals surface area contributed by atoms with Crippen LogP contribution in [0.3, 0.4) is 0 Å². The van der Waals surface area contributed by atoms with Crippen molar-refractivity contribution in [1.82, 2.24) is 15.5 Å². The number of rotatable bonds is 10. The molecule has 0 bridgehead atoms. The highest BCUT2D eigenvalue weighted by Crippen LogP contribution is 2.10. The fourth-order valence-electron chi connectivity index (χ4n) is 3.20. The van der Waals surface area contributed by atoms with Gasteiger partial charge in [-0.1, -0.05) is 30.3 Å². The number of likely N-dealkylation sites (tertiary alicyclic amines) is 1. The van der Waals surface area contributed by atoms with Gasteiger partial charge in [0.1, 0.15) is 9.84 Å². The Morgan fingerprint density at radius 2 is 1.93 bits per heavy atom. The highest BCUT2D eigenvalue weighted by atomic mass is 32.2. The minimum Gasteiger partial charge on any atom is -0.357 e. The molecule has 7 nitrogen and oxygen atoms in total. The molecule has 1 saturated heterocycles. The van der Waals surface area contributed by atoms with Crippen LogP contribution in [0.5, 0.6) is 0 Å². The maximum absolute atomic E-state index is 12.3. The van der Waals surface area contributed by atoms with Crippen LogP contribution in [0.25, 0.3) is 0 Å². The zero-order chi connectivity index (χ0) is 21.1. The average molecular weight is 443 g/mol. The molecule has 1 atom stereocenters. The quantitative estimate of drug-likeness (QED) is 0.415. The first-order valence-corrected chi connectivity index (χ1v) is 13.7. The zero-order valence-corrected chi connectivity index (χ0v) is 19.1. The van der Waals surface area contributed by atoms with Gasteiger partial charge in [-0.25, -0.2) is 8.42 Å². The van der Waals surface area contributed by atoms with Crippen molar-refractivity contribution in [2.24, 2.45) is 4.99 Å². The molecule has 2 N–H and O–H groups in total. The van der Waals surface area contributed by atoms with Crippen molar-refractivity contribution in [3.05, 3.63) is 35.9 Å². The van der Waals surface area contributed by atoms with Crippen LogP contribution in [-0.4, -0.2) is 80.0 Å². The first-order valence-electron chi connectivity index (χ1n) is 10.2. The van der Waals surface area contributed by atoms with Gasteiger partial charge in [0.2, 0.25) is 0 Å². The largest absolute Gasteiger partial charge is 0.357 e. The highest BCUT2D eigenvalue weighted by Gasteiger charge is 2.20. The van der Waals surface area contributed by atoms with Gasteiger partial charge in [-0.2, -0.15) is 0 Å². The fraction of sp³-hybridized carbons (Fsp3) is 0.650. The van der Waals surface area contributed by atoms with Crippen LogP contribution in [0, 0.1) is 0 Å². The van der Waals surface area contributed by atoms with E-state index in [4.69, 9.17) is 0 Å². The van der Waals surface area contributed by atoms with E-state index in [2.05, 4.69) is 20.5 Å². The molecule has 1 aromatic rings. The summed E-state index contributed by atoms with van der Waals surface area (Å²) in [4.78, 5) is 6.79. The molecule has 0 amide bonds. The summed E-state index contributed by atoms with van der Waals surface area (Å²) in [5.74, 6) is 2.08. The number of guanidine groups is 1. The van der Waals surface area contributed by atoms with Crippen molar-refractivity contribution < 1.29 is 12.6 Å². The van der Waals surface area contributed by atoms with Crippen LogP contribution in [0.15, 0.2) is 35.3 Å². The van der Waals surface area contributed by atoms with Gasteiger partial charge in [0, 0.05) is 60.8 Å². The number of piperidine rings is 1. The molecule has 1 aliphatic heterocycles. The second-order valence-electron chi connectivity index (χ2n) is 7.42. The molecule has 0 aliphatic carbocycles. The monoisotopic (exact) mass is 442 g/mol. The molecular formula is C20H34N4O3S2. The summed E-state index contributed by atoms with van der Waals surface area (Å²) >= 11 is 0. The molecule has 1 unspecified atom stereocenters. The third-order valence-corrected chi connectivity index (χ3v) is 7.03. The summed E-state index contributed by atoms with van der Waals surface area (Å²) in [6, 6.07) is 10.2. The van der Waals surface area contributed by atoms with Crippen LogP contribution in [0.4, 0.5) is 0 Å². The van der Waals surface area contributed by atoms with E-state index in [-0.39, 0.29) is 5.75 Å². The van der Waals surface area contributed by atoms with Crippen molar-refractivity contribution >= 4 is 26.6 Å². The Morgan fingerprint density at radius 3 is 2.55 bits per heavy atom. The molecule has 164 valence electrons. The van der Waals surface area contributed by atoms with E-state index in [0.717, 1.165) is 44.0 Å². The summed E-state index contributed by atoms with van der Waals surface area (Å²) in [5.41, 5.74) is 1.09. The Kier molecular flexibility index (Phi) is 10.1. The number of nitrogens with zero attached hydrogens (tertiary/aromatic N) is 2. The molecule has 1 fully saturated rings. The second kappa shape index (κ2) is 12.3. The summed E-state index contributed by atoms with van der Waals surface area (Å²) < 4.78 is 34.9. The molecule has 0 spiro atoms.